The summed E-state index contributed by atoms with van der Waals surface area (Å²) in [7, 11) is 1.56. The lowest BCUT2D eigenvalue weighted by Gasteiger charge is -2.28. The van der Waals surface area contributed by atoms with E-state index in [1.165, 1.54) is 24.0 Å². The fourth-order valence-electron chi connectivity index (χ4n) is 2.52. The van der Waals surface area contributed by atoms with Crippen molar-refractivity contribution < 1.29 is 45.4 Å². The fourth-order valence-corrected chi connectivity index (χ4v) is 2.52. The van der Waals surface area contributed by atoms with Crippen molar-refractivity contribution in [3.8, 4) is 5.75 Å². The Morgan fingerprint density at radius 3 is 2.00 bits per heavy atom. The molecule has 1 amide bonds. The molecule has 0 N–H and O–H groups in total. The predicted molar refractivity (Wildman–Crippen MR) is 107 cm³/mol. The van der Waals surface area contributed by atoms with E-state index in [-0.39, 0.29) is 17.2 Å². The Labute approximate surface area is 185 Å². The average molecular weight is 477 g/mol. The van der Waals surface area contributed by atoms with E-state index in [0.717, 1.165) is 6.07 Å². The van der Waals surface area contributed by atoms with E-state index >= 15 is 0 Å². The Morgan fingerprint density at radius 1 is 0.939 bits per heavy atom. The summed E-state index contributed by atoms with van der Waals surface area (Å²) in [6.45, 7) is 2.13. The number of benzene rings is 2. The average Bonchev–Trinajstić information content (AvgIpc) is 2.70. The molecule has 0 aliphatic carbocycles. The first-order valence-electron chi connectivity index (χ1n) is 9.50. The Balaban J connectivity index is 2.31. The highest BCUT2D eigenvalue weighted by Crippen LogP contribution is 2.35. The van der Waals surface area contributed by atoms with Crippen LogP contribution in [0.1, 0.15) is 42.3 Å². The van der Waals surface area contributed by atoms with Gasteiger partial charge in [0.05, 0.1) is 11.1 Å². The summed E-state index contributed by atoms with van der Waals surface area (Å²) in [5, 5.41) is 0. The number of carbonyl (C=O) groups is 2. The van der Waals surface area contributed by atoms with Crippen molar-refractivity contribution in [1.82, 2.24) is 0 Å². The van der Waals surface area contributed by atoms with Gasteiger partial charge in [-0.15, -0.1) is 0 Å². The Hall–Kier alpha value is -3.24. The number of ether oxygens (including phenoxy) is 2. The second-order valence-electron chi connectivity index (χ2n) is 7.63. The van der Waals surface area contributed by atoms with Crippen molar-refractivity contribution >= 4 is 17.6 Å². The maximum absolute atomic E-state index is 13.1. The summed E-state index contributed by atoms with van der Waals surface area (Å²) in [6, 6.07) is 8.16. The van der Waals surface area contributed by atoms with Crippen LogP contribution >= 0.6 is 0 Å². The molecule has 0 atom stereocenters. The summed E-state index contributed by atoms with van der Waals surface area (Å²) < 4.78 is 88.5. The molecule has 5 nitrogen and oxygen atoms in total. The zero-order valence-corrected chi connectivity index (χ0v) is 18.1. The molecule has 33 heavy (non-hydrogen) atoms. The van der Waals surface area contributed by atoms with Crippen LogP contribution in [0.15, 0.2) is 42.5 Å². The molecule has 0 aliphatic heterocycles. The number of hydrogen-bond acceptors (Lipinski definition) is 4. The van der Waals surface area contributed by atoms with Crippen molar-refractivity contribution in [2.75, 3.05) is 11.9 Å². The van der Waals surface area contributed by atoms with E-state index < -0.39 is 41.7 Å². The summed E-state index contributed by atoms with van der Waals surface area (Å²) in [4.78, 5) is 25.2. The van der Waals surface area contributed by atoms with Gasteiger partial charge in [-0.05, 0) is 50.2 Å². The molecule has 0 unspecified atom stereocenters. The fraction of sp³-hybridized carbons (Fsp3) is 0.364. The van der Waals surface area contributed by atoms with Gasteiger partial charge in [-0.3, -0.25) is 4.79 Å². The number of rotatable bonds is 6. The summed E-state index contributed by atoms with van der Waals surface area (Å²) in [5.41, 5.74) is -4.39. The first-order chi connectivity index (χ1) is 15.0. The maximum atomic E-state index is 13.1. The number of anilines is 1. The second-order valence-corrected chi connectivity index (χ2v) is 7.63. The van der Waals surface area contributed by atoms with Crippen molar-refractivity contribution in [1.29, 1.82) is 0 Å². The molecular weight excluding hydrogens is 456 g/mol. The summed E-state index contributed by atoms with van der Waals surface area (Å²) in [6.07, 6.45) is -9.76. The third-order valence-corrected chi connectivity index (χ3v) is 4.78. The molecule has 0 bridgehead atoms. The van der Waals surface area contributed by atoms with Gasteiger partial charge in [-0.1, -0.05) is 6.07 Å². The molecule has 0 saturated carbocycles. The maximum Gasteiger partial charge on any atom is 0.427 e. The van der Waals surface area contributed by atoms with Crippen molar-refractivity contribution in [3.63, 3.8) is 0 Å². The van der Waals surface area contributed by atoms with E-state index in [4.69, 9.17) is 4.74 Å². The lowest BCUT2D eigenvalue weighted by atomic mass is 10.0. The van der Waals surface area contributed by atoms with Gasteiger partial charge < -0.3 is 14.4 Å². The Kier molecular flexibility index (Phi) is 7.35. The molecule has 2 aromatic rings. The van der Waals surface area contributed by atoms with Crippen LogP contribution < -0.4 is 9.64 Å². The van der Waals surface area contributed by atoms with Crippen molar-refractivity contribution in [3.05, 3.63) is 59.2 Å². The standard InChI is InChI=1S/C22H21F6NO4/c1-13(30)29(4)16-7-9-17(10-8-16)32-12-14-5-6-15(21(23,24)25)11-18(14)19(31)33-20(2,3)22(26,27)28/h5-11H,12H2,1-4H3. The molecule has 0 radical (unpaired) electrons. The molecule has 2 rings (SSSR count). The number of esters is 1. The Morgan fingerprint density at radius 2 is 1.52 bits per heavy atom. The van der Waals surface area contributed by atoms with E-state index in [1.807, 2.05) is 0 Å². The van der Waals surface area contributed by atoms with E-state index in [9.17, 15) is 35.9 Å². The van der Waals surface area contributed by atoms with Crippen LogP contribution in [0, 0.1) is 0 Å². The van der Waals surface area contributed by atoms with E-state index in [0.29, 0.717) is 31.7 Å². The largest absolute Gasteiger partial charge is 0.489 e. The highest BCUT2D eigenvalue weighted by atomic mass is 19.4. The third kappa shape index (κ3) is 6.39. The molecule has 0 saturated heterocycles. The monoisotopic (exact) mass is 477 g/mol. The minimum Gasteiger partial charge on any atom is -0.489 e. The molecule has 0 aliphatic rings. The van der Waals surface area contributed by atoms with Gasteiger partial charge in [0, 0.05) is 25.2 Å². The normalized spacial score (nSPS) is 12.3. The smallest absolute Gasteiger partial charge is 0.427 e. The van der Waals surface area contributed by atoms with Crippen LogP contribution in [0.25, 0.3) is 0 Å². The van der Waals surface area contributed by atoms with Gasteiger partial charge in [0.1, 0.15) is 12.4 Å². The van der Waals surface area contributed by atoms with Gasteiger partial charge >= 0.3 is 18.3 Å². The van der Waals surface area contributed by atoms with Crippen molar-refractivity contribution in [2.24, 2.45) is 0 Å². The number of carbonyl (C=O) groups excluding carboxylic acids is 2. The van der Waals surface area contributed by atoms with Gasteiger partial charge in [0.25, 0.3) is 0 Å². The number of nitrogens with zero attached hydrogens (tertiary/aromatic N) is 1. The van der Waals surface area contributed by atoms with E-state index in [2.05, 4.69) is 4.74 Å². The van der Waals surface area contributed by atoms with E-state index in [1.54, 1.807) is 19.2 Å². The Bertz CT molecular complexity index is 1010. The highest BCUT2D eigenvalue weighted by molar-refractivity contribution is 5.92. The van der Waals surface area contributed by atoms with Gasteiger partial charge in [-0.2, -0.15) is 26.3 Å². The zero-order chi connectivity index (χ0) is 25.2. The number of alkyl halides is 6. The first-order valence-corrected chi connectivity index (χ1v) is 9.50. The lowest BCUT2D eigenvalue weighted by Crippen LogP contribution is -2.43. The molecule has 0 heterocycles. The van der Waals surface area contributed by atoms with Crippen LogP contribution in [0.3, 0.4) is 0 Å². The highest BCUT2D eigenvalue weighted by Gasteiger charge is 2.51. The molecule has 180 valence electrons. The van der Waals surface area contributed by atoms with Crippen molar-refractivity contribution in [2.45, 2.75) is 45.3 Å². The topological polar surface area (TPSA) is 55.8 Å². The zero-order valence-electron chi connectivity index (χ0n) is 18.1. The lowest BCUT2D eigenvalue weighted by molar-refractivity contribution is -0.244. The second kappa shape index (κ2) is 9.32. The first kappa shape index (κ1) is 26.0. The van der Waals surface area contributed by atoms with Crippen LogP contribution in [0.2, 0.25) is 0 Å². The molecular formula is C22H21F6NO4. The number of amides is 1. The number of halogens is 6. The number of hydrogen-bond donors (Lipinski definition) is 0. The molecule has 2 aromatic carbocycles. The molecule has 0 spiro atoms. The van der Waals surface area contributed by atoms with Crippen LogP contribution in [-0.4, -0.2) is 30.7 Å². The minimum absolute atomic E-state index is 0.101. The molecule has 11 heteroatoms. The van der Waals surface area contributed by atoms with Gasteiger partial charge in [0.15, 0.2) is 0 Å². The van der Waals surface area contributed by atoms with Gasteiger partial charge in [0.2, 0.25) is 11.5 Å². The van der Waals surface area contributed by atoms with Crippen LogP contribution in [-0.2, 0) is 22.3 Å². The predicted octanol–water partition coefficient (Wildman–Crippen LogP) is 5.76. The van der Waals surface area contributed by atoms with Crippen LogP contribution in [0.4, 0.5) is 32.0 Å². The quantitative estimate of drug-likeness (QED) is 0.392. The third-order valence-electron chi connectivity index (χ3n) is 4.78. The SMILES string of the molecule is CC(=O)N(C)c1ccc(OCc2ccc(C(F)(F)F)cc2C(=O)OC(C)(C)C(F)(F)F)cc1. The van der Waals surface area contributed by atoms with Crippen LogP contribution in [0.5, 0.6) is 5.75 Å². The molecule has 0 aromatic heterocycles. The summed E-state index contributed by atoms with van der Waals surface area (Å²) in [5.74, 6) is -1.52. The molecule has 0 fully saturated rings. The minimum atomic E-state index is -4.93. The summed E-state index contributed by atoms with van der Waals surface area (Å²) >= 11 is 0. The van der Waals surface area contributed by atoms with Gasteiger partial charge in [-0.25, -0.2) is 4.79 Å².